The molecule has 2 amide bonds. The van der Waals surface area contributed by atoms with Crippen molar-refractivity contribution in [2.45, 2.75) is 13.2 Å². The van der Waals surface area contributed by atoms with Crippen LogP contribution in [0.2, 0.25) is 0 Å². The molecule has 0 atom stereocenters. The van der Waals surface area contributed by atoms with E-state index in [4.69, 9.17) is 0 Å². The summed E-state index contributed by atoms with van der Waals surface area (Å²) in [6.07, 6.45) is 1.40. The standard InChI is InChI=1S/C27H19F2N3O3/c28-27(29)35-21-13-9-17(10-14-21)15-30-31-25(33)20-11-7-18(8-12-20)16-32-23-6-2-4-19-3-1-5-22(24(19)23)26(32)34/h1-15,27H,16H2,(H,31,33). The van der Waals surface area contributed by atoms with Crippen LogP contribution < -0.4 is 15.1 Å². The first-order valence-corrected chi connectivity index (χ1v) is 10.8. The Bertz CT molecular complexity index is 1430. The molecule has 5 rings (SSSR count). The van der Waals surface area contributed by atoms with Crippen LogP contribution in [0.3, 0.4) is 0 Å². The van der Waals surface area contributed by atoms with Gasteiger partial charge in [0.05, 0.1) is 18.4 Å². The molecule has 35 heavy (non-hydrogen) atoms. The van der Waals surface area contributed by atoms with Gasteiger partial charge in [-0.1, -0.05) is 36.4 Å². The third-order valence-electron chi connectivity index (χ3n) is 5.69. The van der Waals surface area contributed by atoms with Crippen LogP contribution >= 0.6 is 0 Å². The lowest BCUT2D eigenvalue weighted by Gasteiger charge is -2.18. The van der Waals surface area contributed by atoms with E-state index in [-0.39, 0.29) is 11.7 Å². The quantitative estimate of drug-likeness (QED) is 0.291. The van der Waals surface area contributed by atoms with Crippen molar-refractivity contribution in [3.63, 3.8) is 0 Å². The number of benzene rings is 4. The molecule has 0 fully saturated rings. The Balaban J connectivity index is 1.22. The summed E-state index contributed by atoms with van der Waals surface area (Å²) in [5.41, 5.74) is 5.91. The van der Waals surface area contributed by atoms with Crippen LogP contribution in [0.5, 0.6) is 5.75 Å². The summed E-state index contributed by atoms with van der Waals surface area (Å²) < 4.78 is 28.7. The van der Waals surface area contributed by atoms with E-state index in [1.807, 2.05) is 36.4 Å². The smallest absolute Gasteiger partial charge is 0.387 e. The van der Waals surface area contributed by atoms with E-state index in [0.717, 1.165) is 22.0 Å². The lowest BCUT2D eigenvalue weighted by atomic mass is 10.1. The van der Waals surface area contributed by atoms with E-state index in [1.54, 1.807) is 41.3 Å². The van der Waals surface area contributed by atoms with E-state index in [1.165, 1.54) is 18.3 Å². The molecule has 4 aromatic carbocycles. The first-order chi connectivity index (χ1) is 17.0. The van der Waals surface area contributed by atoms with Crippen molar-refractivity contribution in [2.24, 2.45) is 5.10 Å². The van der Waals surface area contributed by atoms with Crippen LogP contribution in [-0.4, -0.2) is 24.6 Å². The molecule has 0 saturated carbocycles. The van der Waals surface area contributed by atoms with E-state index in [0.29, 0.717) is 23.2 Å². The van der Waals surface area contributed by atoms with Crippen LogP contribution in [0.25, 0.3) is 10.8 Å². The second-order valence-electron chi connectivity index (χ2n) is 7.92. The number of hydrogen-bond acceptors (Lipinski definition) is 4. The molecule has 1 heterocycles. The van der Waals surface area contributed by atoms with Crippen molar-refractivity contribution in [2.75, 3.05) is 4.90 Å². The molecule has 1 aliphatic heterocycles. The zero-order valence-corrected chi connectivity index (χ0v) is 18.3. The number of rotatable bonds is 7. The average Bonchev–Trinajstić information content (AvgIpc) is 3.13. The summed E-state index contributed by atoms with van der Waals surface area (Å²) in [7, 11) is 0. The Morgan fingerprint density at radius 2 is 1.69 bits per heavy atom. The maximum absolute atomic E-state index is 13.0. The lowest BCUT2D eigenvalue weighted by Crippen LogP contribution is -2.26. The molecule has 1 aliphatic rings. The number of ether oxygens (including phenoxy) is 1. The minimum absolute atomic E-state index is 0.0393. The molecular weight excluding hydrogens is 452 g/mol. The van der Waals surface area contributed by atoms with Crippen LogP contribution in [0.4, 0.5) is 14.5 Å². The van der Waals surface area contributed by atoms with Gasteiger partial charge in [0.1, 0.15) is 5.75 Å². The molecule has 0 saturated heterocycles. The number of halogens is 2. The van der Waals surface area contributed by atoms with Gasteiger partial charge in [0, 0.05) is 16.5 Å². The van der Waals surface area contributed by atoms with Gasteiger partial charge in [-0.05, 0) is 65.0 Å². The fourth-order valence-electron chi connectivity index (χ4n) is 4.05. The fraction of sp³-hybridized carbons (Fsp3) is 0.0741. The van der Waals surface area contributed by atoms with Gasteiger partial charge in [0.15, 0.2) is 0 Å². The van der Waals surface area contributed by atoms with E-state index >= 15 is 0 Å². The molecule has 8 heteroatoms. The minimum atomic E-state index is -2.89. The normalized spacial score (nSPS) is 12.7. The molecule has 0 radical (unpaired) electrons. The van der Waals surface area contributed by atoms with Crippen LogP contribution in [0.15, 0.2) is 90.0 Å². The van der Waals surface area contributed by atoms with Crippen molar-refractivity contribution >= 4 is 34.5 Å². The van der Waals surface area contributed by atoms with Gasteiger partial charge in [-0.2, -0.15) is 13.9 Å². The number of alkyl halides is 2. The highest BCUT2D eigenvalue weighted by atomic mass is 19.3. The highest BCUT2D eigenvalue weighted by Gasteiger charge is 2.29. The third-order valence-corrected chi connectivity index (χ3v) is 5.69. The lowest BCUT2D eigenvalue weighted by molar-refractivity contribution is -0.0498. The number of carbonyl (C=O) groups is 2. The average molecular weight is 471 g/mol. The fourth-order valence-corrected chi connectivity index (χ4v) is 4.05. The number of carbonyl (C=O) groups excluding carboxylic acids is 2. The molecule has 174 valence electrons. The molecule has 0 aliphatic carbocycles. The van der Waals surface area contributed by atoms with Crippen LogP contribution in [-0.2, 0) is 6.54 Å². The number of nitrogens with one attached hydrogen (secondary N) is 1. The SMILES string of the molecule is O=C(NN=Cc1ccc(OC(F)F)cc1)c1ccc(CN2C(=O)c3cccc4cccc2c34)cc1. The Hall–Kier alpha value is -4.59. The maximum Gasteiger partial charge on any atom is 0.387 e. The topological polar surface area (TPSA) is 71.0 Å². The van der Waals surface area contributed by atoms with E-state index in [2.05, 4.69) is 15.3 Å². The number of hydrazone groups is 1. The largest absolute Gasteiger partial charge is 0.435 e. The van der Waals surface area contributed by atoms with Gasteiger partial charge in [-0.25, -0.2) is 5.43 Å². The molecule has 0 bridgehead atoms. The number of anilines is 1. The Labute approximate surface area is 199 Å². The number of hydrogen-bond donors (Lipinski definition) is 1. The van der Waals surface area contributed by atoms with Gasteiger partial charge >= 0.3 is 6.61 Å². The monoisotopic (exact) mass is 471 g/mol. The summed E-state index contributed by atoms with van der Waals surface area (Å²) in [6.45, 7) is -2.50. The van der Waals surface area contributed by atoms with Crippen molar-refractivity contribution in [1.29, 1.82) is 0 Å². The Morgan fingerprint density at radius 1 is 0.971 bits per heavy atom. The summed E-state index contributed by atoms with van der Waals surface area (Å²) in [5.74, 6) is -0.404. The van der Waals surface area contributed by atoms with E-state index in [9.17, 15) is 18.4 Å². The summed E-state index contributed by atoms with van der Waals surface area (Å²) in [4.78, 5) is 27.1. The van der Waals surface area contributed by atoms with Gasteiger partial charge in [0.25, 0.3) is 11.8 Å². The summed E-state index contributed by atoms with van der Waals surface area (Å²) in [6, 6.07) is 24.4. The molecule has 0 aromatic heterocycles. The predicted octanol–water partition coefficient (Wildman–Crippen LogP) is 5.37. The number of nitrogens with zero attached hydrogens (tertiary/aromatic N) is 2. The van der Waals surface area contributed by atoms with Crippen LogP contribution in [0, 0.1) is 0 Å². The highest BCUT2D eigenvalue weighted by Crippen LogP contribution is 2.37. The van der Waals surface area contributed by atoms with Crippen molar-refractivity contribution < 1.29 is 23.1 Å². The van der Waals surface area contributed by atoms with E-state index < -0.39 is 12.5 Å². The van der Waals surface area contributed by atoms with Gasteiger partial charge in [-0.3, -0.25) is 9.59 Å². The Kier molecular flexibility index (Phi) is 5.93. The van der Waals surface area contributed by atoms with Crippen molar-refractivity contribution in [3.8, 4) is 5.75 Å². The molecule has 0 spiro atoms. The van der Waals surface area contributed by atoms with Gasteiger partial charge in [0.2, 0.25) is 0 Å². The second-order valence-corrected chi connectivity index (χ2v) is 7.92. The molecular formula is C27H19F2N3O3. The van der Waals surface area contributed by atoms with Crippen molar-refractivity contribution in [3.05, 3.63) is 107 Å². The van der Waals surface area contributed by atoms with Crippen LogP contribution in [0.1, 0.15) is 31.8 Å². The van der Waals surface area contributed by atoms with Gasteiger partial charge < -0.3 is 9.64 Å². The second kappa shape index (κ2) is 9.34. The Morgan fingerprint density at radius 3 is 2.40 bits per heavy atom. The first kappa shape index (κ1) is 22.2. The predicted molar refractivity (Wildman–Crippen MR) is 129 cm³/mol. The zero-order chi connectivity index (χ0) is 24.4. The molecule has 6 nitrogen and oxygen atoms in total. The third kappa shape index (κ3) is 4.59. The molecule has 0 unspecified atom stereocenters. The first-order valence-electron chi connectivity index (χ1n) is 10.8. The molecule has 4 aromatic rings. The van der Waals surface area contributed by atoms with Crippen molar-refractivity contribution in [1.82, 2.24) is 5.43 Å². The van der Waals surface area contributed by atoms with Gasteiger partial charge in [-0.15, -0.1) is 0 Å². The molecule has 1 N–H and O–H groups in total. The summed E-state index contributed by atoms with van der Waals surface area (Å²) >= 11 is 0. The highest BCUT2D eigenvalue weighted by molar-refractivity contribution is 6.24. The minimum Gasteiger partial charge on any atom is -0.435 e. The number of amides is 2. The zero-order valence-electron chi connectivity index (χ0n) is 18.3. The summed E-state index contributed by atoms with van der Waals surface area (Å²) in [5, 5.41) is 5.89. The maximum atomic E-state index is 13.0.